The van der Waals surface area contributed by atoms with Crippen molar-refractivity contribution >= 4 is 5.97 Å². The molecule has 0 aromatic rings. The van der Waals surface area contributed by atoms with Crippen molar-refractivity contribution in [2.45, 2.75) is 148 Å². The maximum absolute atomic E-state index is 13.7. The number of esters is 1. The highest BCUT2D eigenvalue weighted by Crippen LogP contribution is 2.39. The van der Waals surface area contributed by atoms with Gasteiger partial charge in [-0.1, -0.05) is 27.7 Å². The molecule has 0 bridgehead atoms. The molecule has 2 saturated heterocycles. The molecule has 2 rings (SSSR count). The molecule has 2 aliphatic heterocycles. The third kappa shape index (κ3) is 8.01. The summed E-state index contributed by atoms with van der Waals surface area (Å²) >= 11 is 0. The monoisotopic (exact) mass is 589 g/mol. The summed E-state index contributed by atoms with van der Waals surface area (Å²) < 4.78 is 24.1. The van der Waals surface area contributed by atoms with E-state index in [1.165, 1.54) is 14.0 Å². The summed E-state index contributed by atoms with van der Waals surface area (Å²) in [6.45, 7) is 18.8. The molecule has 0 aliphatic carbocycles. The van der Waals surface area contributed by atoms with Crippen LogP contribution in [0.15, 0.2) is 0 Å². The zero-order valence-corrected chi connectivity index (χ0v) is 27.5. The van der Waals surface area contributed by atoms with Crippen molar-refractivity contribution in [1.29, 1.82) is 0 Å². The average Bonchev–Trinajstić information content (AvgIpc) is 2.89. The Bertz CT molecular complexity index is 853. The number of hydrogen-bond acceptors (Lipinski definition) is 10. The van der Waals surface area contributed by atoms with Crippen LogP contribution >= 0.6 is 0 Å². The predicted octanol–water partition coefficient (Wildman–Crippen LogP) is 2.73. The molecule has 0 unspecified atom stereocenters. The zero-order chi connectivity index (χ0) is 31.7. The molecule has 14 atom stereocenters. The number of aliphatic hydroxyl groups excluding tert-OH is 2. The molecule has 0 amide bonds. The lowest BCUT2D eigenvalue weighted by atomic mass is 9.72. The van der Waals surface area contributed by atoms with E-state index in [4.69, 9.17) is 18.9 Å². The third-order valence-electron chi connectivity index (χ3n) is 10.3. The summed E-state index contributed by atoms with van der Waals surface area (Å²) in [4.78, 5) is 15.7. The fraction of sp³-hybridized carbons (Fsp3) is 0.968. The fourth-order valence-corrected chi connectivity index (χ4v) is 6.85. The molecule has 0 radical (unpaired) electrons. The van der Waals surface area contributed by atoms with Crippen LogP contribution in [0, 0.1) is 23.7 Å². The molecule has 0 saturated carbocycles. The molecule has 4 N–H and O–H groups in total. The number of carbonyl (C=O) groups excluding carboxylic acids is 1. The highest BCUT2D eigenvalue weighted by atomic mass is 16.7. The van der Waals surface area contributed by atoms with E-state index in [0.717, 1.165) is 0 Å². The lowest BCUT2D eigenvalue weighted by molar-refractivity contribution is -0.298. The SMILES string of the molecule is CC[C@H]1OC(=O)[C@@H](C)[C@@H](O[C@H]2C[C@@](C)(OC)[C@@H](O)[C@H](C)O2)[C@H](C)[C@@H](C)[C@](C)(O)C[C@@H](C)CN(C)[C@H](C)[C@@H](O)[C@]1(C)O. The molecule has 2 fully saturated rings. The maximum atomic E-state index is 13.7. The van der Waals surface area contributed by atoms with Crippen LogP contribution in [-0.4, -0.2) is 112 Å². The average molecular weight is 590 g/mol. The number of rotatable bonds is 4. The lowest BCUT2D eigenvalue weighted by Gasteiger charge is -2.47. The van der Waals surface area contributed by atoms with Crippen molar-refractivity contribution in [1.82, 2.24) is 4.90 Å². The predicted molar refractivity (Wildman–Crippen MR) is 156 cm³/mol. The van der Waals surface area contributed by atoms with Crippen LogP contribution in [0.5, 0.6) is 0 Å². The van der Waals surface area contributed by atoms with Gasteiger partial charge in [0.15, 0.2) is 6.29 Å². The second kappa shape index (κ2) is 13.8. The highest BCUT2D eigenvalue weighted by Gasteiger charge is 2.50. The van der Waals surface area contributed by atoms with Gasteiger partial charge in [0.2, 0.25) is 0 Å². The Morgan fingerprint density at radius 2 is 1.59 bits per heavy atom. The van der Waals surface area contributed by atoms with E-state index in [1.807, 2.05) is 39.6 Å². The summed E-state index contributed by atoms with van der Waals surface area (Å²) in [5.74, 6) is -1.90. The van der Waals surface area contributed by atoms with Crippen LogP contribution in [0.3, 0.4) is 0 Å². The van der Waals surface area contributed by atoms with E-state index < -0.39 is 71.5 Å². The molecule has 0 aromatic carbocycles. The Balaban J connectivity index is 2.53. The Morgan fingerprint density at radius 1 is 1.00 bits per heavy atom. The normalized spacial score (nSPS) is 50.0. The molecular weight excluding hydrogens is 530 g/mol. The van der Waals surface area contributed by atoms with Crippen molar-refractivity contribution < 1.29 is 44.2 Å². The van der Waals surface area contributed by atoms with E-state index in [0.29, 0.717) is 19.4 Å². The van der Waals surface area contributed by atoms with Gasteiger partial charge >= 0.3 is 5.97 Å². The van der Waals surface area contributed by atoms with Gasteiger partial charge in [0.05, 0.1) is 29.3 Å². The van der Waals surface area contributed by atoms with Crippen LogP contribution in [0.25, 0.3) is 0 Å². The minimum Gasteiger partial charge on any atom is -0.459 e. The number of aliphatic hydroxyl groups is 4. The van der Waals surface area contributed by atoms with Gasteiger partial charge in [-0.05, 0) is 79.2 Å². The molecule has 2 aliphatic rings. The molecule has 10 nitrogen and oxygen atoms in total. The molecule has 0 aromatic heterocycles. The van der Waals surface area contributed by atoms with Gasteiger partial charge < -0.3 is 44.3 Å². The van der Waals surface area contributed by atoms with Gasteiger partial charge in [-0.2, -0.15) is 0 Å². The second-order valence-corrected chi connectivity index (χ2v) is 13.8. The van der Waals surface area contributed by atoms with Crippen LogP contribution in [0.2, 0.25) is 0 Å². The first-order valence-corrected chi connectivity index (χ1v) is 15.3. The fourth-order valence-electron chi connectivity index (χ4n) is 6.85. The van der Waals surface area contributed by atoms with E-state index in [2.05, 4.69) is 6.92 Å². The van der Waals surface area contributed by atoms with Gasteiger partial charge in [0, 0.05) is 26.1 Å². The molecular formula is C31H59NO9. The number of likely N-dealkylation sites (N-methyl/N-ethyl adjacent to an activating group) is 1. The second-order valence-electron chi connectivity index (χ2n) is 13.8. The Labute approximate surface area is 247 Å². The summed E-state index contributed by atoms with van der Waals surface area (Å²) in [7, 11) is 3.42. The van der Waals surface area contributed by atoms with Crippen molar-refractivity contribution in [2.75, 3.05) is 20.7 Å². The van der Waals surface area contributed by atoms with E-state index >= 15 is 0 Å². The molecule has 10 heteroatoms. The van der Waals surface area contributed by atoms with Crippen molar-refractivity contribution in [2.24, 2.45) is 23.7 Å². The summed E-state index contributed by atoms with van der Waals surface area (Å²) in [5, 5.41) is 45.1. The number of ether oxygens (including phenoxy) is 4. The zero-order valence-electron chi connectivity index (χ0n) is 27.5. The topological polar surface area (TPSA) is 138 Å². The van der Waals surface area contributed by atoms with Crippen molar-refractivity contribution in [3.05, 3.63) is 0 Å². The van der Waals surface area contributed by atoms with Crippen LogP contribution in [-0.2, 0) is 23.7 Å². The highest BCUT2D eigenvalue weighted by molar-refractivity contribution is 5.73. The Morgan fingerprint density at radius 3 is 2.12 bits per heavy atom. The molecule has 242 valence electrons. The summed E-state index contributed by atoms with van der Waals surface area (Å²) in [6.07, 6.45) is -4.07. The van der Waals surface area contributed by atoms with Gasteiger partial charge in [-0.25, -0.2) is 0 Å². The van der Waals surface area contributed by atoms with Gasteiger partial charge in [-0.15, -0.1) is 0 Å². The first kappa shape index (κ1) is 36.3. The number of methoxy groups -OCH3 is 1. The summed E-state index contributed by atoms with van der Waals surface area (Å²) in [5.41, 5.74) is -3.71. The van der Waals surface area contributed by atoms with E-state index in [9.17, 15) is 25.2 Å². The number of cyclic esters (lactones) is 1. The lowest BCUT2D eigenvalue weighted by Crippen LogP contribution is -2.59. The number of hydrogen-bond donors (Lipinski definition) is 4. The smallest absolute Gasteiger partial charge is 0.311 e. The Kier molecular flexibility index (Phi) is 12.3. The molecule has 2 heterocycles. The van der Waals surface area contributed by atoms with Gasteiger partial charge in [0.25, 0.3) is 0 Å². The van der Waals surface area contributed by atoms with E-state index in [-0.39, 0.29) is 24.2 Å². The van der Waals surface area contributed by atoms with Gasteiger partial charge in [-0.3, -0.25) is 4.79 Å². The standard InChI is InChI=1S/C31H59NO9/c1-13-23-31(10,37)26(33)21(6)32(11)16-17(2)14-29(8,36)20(5)18(3)25(19(4)28(35)40-23)41-24-15-30(9,38-12)27(34)22(7)39-24/h17-27,33-34,36-37H,13-16H2,1-12H3/t17-,18-,19+,20-,21-,22+,23-,24+,25+,26-,27+,29-,30-,31-/m1/s1. The van der Waals surface area contributed by atoms with Gasteiger partial charge in [0.1, 0.15) is 23.9 Å². The van der Waals surface area contributed by atoms with Crippen molar-refractivity contribution in [3.63, 3.8) is 0 Å². The Hall–Kier alpha value is -0.850. The first-order valence-electron chi connectivity index (χ1n) is 15.3. The number of nitrogens with zero attached hydrogens (tertiary/aromatic N) is 1. The first-order chi connectivity index (χ1) is 18.7. The molecule has 41 heavy (non-hydrogen) atoms. The molecule has 0 spiro atoms. The van der Waals surface area contributed by atoms with Crippen molar-refractivity contribution in [3.8, 4) is 0 Å². The largest absolute Gasteiger partial charge is 0.459 e. The number of carbonyl (C=O) groups is 1. The maximum Gasteiger partial charge on any atom is 0.311 e. The minimum atomic E-state index is -1.71. The summed E-state index contributed by atoms with van der Waals surface area (Å²) in [6, 6.07) is -0.434. The quantitative estimate of drug-likeness (QED) is 0.362. The minimum absolute atomic E-state index is 0.0671. The third-order valence-corrected chi connectivity index (χ3v) is 10.3. The van der Waals surface area contributed by atoms with E-state index in [1.54, 1.807) is 27.7 Å². The van der Waals surface area contributed by atoms with Crippen LogP contribution < -0.4 is 0 Å². The van der Waals surface area contributed by atoms with Crippen LogP contribution in [0.1, 0.15) is 88.5 Å². The van der Waals surface area contributed by atoms with Crippen LogP contribution in [0.4, 0.5) is 0 Å².